The summed E-state index contributed by atoms with van der Waals surface area (Å²) >= 11 is 7.99. The number of nitrogens with one attached hydrogen (secondary N) is 1. The lowest BCUT2D eigenvalue weighted by molar-refractivity contribution is 0.256. The fraction of sp³-hybridized carbons (Fsp3) is 0.381. The van der Waals surface area contributed by atoms with Gasteiger partial charge in [0, 0.05) is 9.13 Å². The second-order valence-electron chi connectivity index (χ2n) is 8.02. The number of rotatable bonds is 6. The minimum Gasteiger partial charge on any atom is -0.414 e. The molecule has 0 unspecified atom stereocenters. The van der Waals surface area contributed by atoms with Gasteiger partial charge in [0.2, 0.25) is 0 Å². The highest BCUT2D eigenvalue weighted by molar-refractivity contribution is 14.1. The van der Waals surface area contributed by atoms with Crippen LogP contribution in [-0.2, 0) is 4.43 Å². The Morgan fingerprint density at radius 1 is 1.12 bits per heavy atom. The topological polar surface area (TPSA) is 21.3 Å². The highest BCUT2D eigenvalue weighted by atomic mass is 127. The van der Waals surface area contributed by atoms with E-state index in [4.69, 9.17) is 16.6 Å². The van der Waals surface area contributed by atoms with Gasteiger partial charge in [-0.2, -0.15) is 0 Å². The van der Waals surface area contributed by atoms with E-state index in [1.165, 1.54) is 9.13 Å². The average Bonchev–Trinajstić information content (AvgIpc) is 2.58. The van der Waals surface area contributed by atoms with Gasteiger partial charge in [-0.05, 0) is 58.4 Å². The molecule has 2 nitrogen and oxygen atoms in total. The molecule has 2 rings (SSSR count). The number of thiocarbonyl (C=S) groups is 1. The Balaban J connectivity index is 2.18. The molecule has 0 bridgehead atoms. The van der Waals surface area contributed by atoms with Crippen molar-refractivity contribution < 1.29 is 4.43 Å². The predicted molar refractivity (Wildman–Crippen MR) is 126 cm³/mol. The first-order valence-corrected chi connectivity index (χ1v) is 13.2. The molecule has 1 N–H and O–H groups in total. The van der Waals surface area contributed by atoms with Gasteiger partial charge in [-0.3, -0.25) is 0 Å². The van der Waals surface area contributed by atoms with E-state index in [2.05, 4.69) is 98.2 Å². The molecule has 0 spiro atoms. The third kappa shape index (κ3) is 5.87. The Morgan fingerprint density at radius 2 is 1.77 bits per heavy atom. The summed E-state index contributed by atoms with van der Waals surface area (Å²) in [6.07, 6.45) is 0. The van der Waals surface area contributed by atoms with E-state index >= 15 is 0 Å². The fourth-order valence-corrected chi connectivity index (χ4v) is 4.11. The van der Waals surface area contributed by atoms with Crippen molar-refractivity contribution in [2.24, 2.45) is 0 Å². The zero-order chi connectivity index (χ0) is 19.4. The van der Waals surface area contributed by atoms with Crippen LogP contribution in [-0.4, -0.2) is 19.9 Å². The zero-order valence-corrected chi connectivity index (χ0v) is 20.1. The summed E-state index contributed by atoms with van der Waals surface area (Å²) in [4.78, 5) is 0.760. The predicted octanol–water partition coefficient (Wildman–Crippen LogP) is 6.32. The summed E-state index contributed by atoms with van der Waals surface area (Å²) in [5.41, 5.74) is 2.24. The quantitative estimate of drug-likeness (QED) is 0.287. The van der Waals surface area contributed by atoms with Gasteiger partial charge in [-0.15, -0.1) is 0 Å². The van der Waals surface area contributed by atoms with Crippen LogP contribution in [0.2, 0.25) is 18.1 Å². The second kappa shape index (κ2) is 8.95. The Bertz CT molecular complexity index is 743. The van der Waals surface area contributed by atoms with Gasteiger partial charge >= 0.3 is 0 Å². The van der Waals surface area contributed by atoms with E-state index in [-0.39, 0.29) is 11.1 Å². The van der Waals surface area contributed by atoms with E-state index in [9.17, 15) is 0 Å². The van der Waals surface area contributed by atoms with Crippen LogP contribution in [0.15, 0.2) is 54.6 Å². The van der Waals surface area contributed by atoms with Crippen molar-refractivity contribution in [2.45, 2.75) is 44.9 Å². The standard InChI is InChI=1S/C21H28INOSSi/c1-21(2,3)26(4,5)24-15-19(16-10-7-6-8-11-16)23-20(25)17-12-9-13-18(22)14-17/h6-14,19H,15H2,1-5H3,(H,23,25)/t19-/m0/s1. The lowest BCUT2D eigenvalue weighted by atomic mass is 10.1. The largest absolute Gasteiger partial charge is 0.414 e. The molecule has 0 saturated heterocycles. The van der Waals surface area contributed by atoms with E-state index in [0.29, 0.717) is 6.61 Å². The van der Waals surface area contributed by atoms with E-state index in [1.807, 2.05) is 18.2 Å². The lowest BCUT2D eigenvalue weighted by Crippen LogP contribution is -2.43. The summed E-state index contributed by atoms with van der Waals surface area (Å²) in [5.74, 6) is 0. The van der Waals surface area contributed by atoms with Gasteiger partial charge in [0.1, 0.15) is 4.99 Å². The molecule has 0 fully saturated rings. The molecule has 0 aliphatic rings. The van der Waals surface area contributed by atoms with E-state index in [1.54, 1.807) is 0 Å². The SMILES string of the molecule is CC(C)(C)[Si](C)(C)OC[C@H](NC(=S)c1cccc(I)c1)c1ccccc1. The summed E-state index contributed by atoms with van der Waals surface area (Å²) in [6.45, 7) is 12.0. The van der Waals surface area contributed by atoms with Crippen LogP contribution in [0.1, 0.15) is 37.9 Å². The van der Waals surface area contributed by atoms with Gasteiger partial charge < -0.3 is 9.74 Å². The molecular weight excluding hydrogens is 469 g/mol. The molecule has 2 aromatic rings. The Kier molecular flexibility index (Phi) is 7.41. The first kappa shape index (κ1) is 21.5. The van der Waals surface area contributed by atoms with Crippen molar-refractivity contribution in [3.63, 3.8) is 0 Å². The molecule has 0 amide bonds. The molecule has 0 aliphatic heterocycles. The molecule has 26 heavy (non-hydrogen) atoms. The molecule has 2 aromatic carbocycles. The summed E-state index contributed by atoms with van der Waals surface area (Å²) < 4.78 is 7.66. The Hall–Kier alpha value is -0.763. The molecule has 1 atom stereocenters. The molecular formula is C21H28INOSSi. The fourth-order valence-electron chi connectivity index (χ4n) is 2.29. The van der Waals surface area contributed by atoms with Gasteiger partial charge in [0.05, 0.1) is 12.6 Å². The highest BCUT2D eigenvalue weighted by Gasteiger charge is 2.37. The molecule has 0 aliphatic carbocycles. The summed E-state index contributed by atoms with van der Waals surface area (Å²) in [5, 5.41) is 3.71. The number of benzene rings is 2. The van der Waals surface area contributed by atoms with Crippen LogP contribution in [0.4, 0.5) is 0 Å². The first-order valence-electron chi connectivity index (χ1n) is 8.85. The van der Waals surface area contributed by atoms with Crippen molar-refractivity contribution in [1.29, 1.82) is 0 Å². The third-order valence-corrected chi connectivity index (χ3v) is 10.5. The average molecular weight is 498 g/mol. The number of hydrogen-bond acceptors (Lipinski definition) is 2. The Labute approximate surface area is 178 Å². The van der Waals surface area contributed by atoms with Crippen molar-refractivity contribution in [1.82, 2.24) is 5.32 Å². The monoisotopic (exact) mass is 497 g/mol. The molecule has 5 heteroatoms. The van der Waals surface area contributed by atoms with Crippen LogP contribution in [0.3, 0.4) is 0 Å². The van der Waals surface area contributed by atoms with Crippen LogP contribution in [0.25, 0.3) is 0 Å². The van der Waals surface area contributed by atoms with Crippen LogP contribution >= 0.6 is 34.8 Å². The van der Waals surface area contributed by atoms with Crippen LogP contribution in [0, 0.1) is 3.57 Å². The zero-order valence-electron chi connectivity index (χ0n) is 16.2. The molecule has 0 aromatic heterocycles. The maximum absolute atomic E-state index is 6.49. The van der Waals surface area contributed by atoms with Crippen molar-refractivity contribution in [3.8, 4) is 0 Å². The van der Waals surface area contributed by atoms with Gasteiger partial charge in [-0.25, -0.2) is 0 Å². The molecule has 0 radical (unpaired) electrons. The molecule has 140 valence electrons. The summed E-state index contributed by atoms with van der Waals surface area (Å²) in [6, 6.07) is 18.7. The minimum atomic E-state index is -1.82. The summed E-state index contributed by atoms with van der Waals surface area (Å²) in [7, 11) is -1.82. The van der Waals surface area contributed by atoms with Crippen molar-refractivity contribution >= 4 is 48.1 Å². The van der Waals surface area contributed by atoms with Gasteiger partial charge in [0.25, 0.3) is 0 Å². The number of hydrogen-bond donors (Lipinski definition) is 1. The first-order chi connectivity index (χ1) is 12.1. The normalized spacial score (nSPS) is 13.3. The Morgan fingerprint density at radius 3 is 2.35 bits per heavy atom. The van der Waals surface area contributed by atoms with Gasteiger partial charge in [-0.1, -0.05) is 75.5 Å². The third-order valence-electron chi connectivity index (χ3n) is 5.01. The maximum atomic E-state index is 6.49. The smallest absolute Gasteiger partial charge is 0.192 e. The minimum absolute atomic E-state index is 0.0377. The highest BCUT2D eigenvalue weighted by Crippen LogP contribution is 2.37. The van der Waals surface area contributed by atoms with E-state index < -0.39 is 8.32 Å². The second-order valence-corrected chi connectivity index (χ2v) is 14.5. The molecule has 0 heterocycles. The van der Waals surface area contributed by atoms with E-state index in [0.717, 1.165) is 10.6 Å². The number of halogens is 1. The van der Waals surface area contributed by atoms with Crippen molar-refractivity contribution in [2.75, 3.05) is 6.61 Å². The van der Waals surface area contributed by atoms with Crippen LogP contribution in [0.5, 0.6) is 0 Å². The molecule has 0 saturated carbocycles. The van der Waals surface area contributed by atoms with Crippen molar-refractivity contribution in [3.05, 3.63) is 69.3 Å². The van der Waals surface area contributed by atoms with Gasteiger partial charge in [0.15, 0.2) is 8.32 Å². The van der Waals surface area contributed by atoms with Crippen LogP contribution < -0.4 is 5.32 Å². The lowest BCUT2D eigenvalue weighted by Gasteiger charge is -2.37. The maximum Gasteiger partial charge on any atom is 0.192 e.